The van der Waals surface area contributed by atoms with Crippen LogP contribution in [-0.4, -0.2) is 29.9 Å². The molecule has 0 spiro atoms. The van der Waals surface area contributed by atoms with E-state index in [1.54, 1.807) is 6.07 Å². The minimum atomic E-state index is -0.499. The maximum Gasteiger partial charge on any atom is 0.319 e. The highest BCUT2D eigenvalue weighted by Gasteiger charge is 2.29. The van der Waals surface area contributed by atoms with Crippen LogP contribution in [0.5, 0.6) is 5.75 Å². The average Bonchev–Trinajstić information content (AvgIpc) is 3.26. The van der Waals surface area contributed by atoms with Gasteiger partial charge < -0.3 is 20.5 Å². The molecule has 3 rings (SSSR count). The first-order valence-electron chi connectivity index (χ1n) is 7.81. The Labute approximate surface area is 128 Å². The number of hydrogen-bond donors (Lipinski definition) is 3. The Morgan fingerprint density at radius 2 is 2.14 bits per heavy atom. The van der Waals surface area contributed by atoms with Gasteiger partial charge in [0.25, 0.3) is 0 Å². The van der Waals surface area contributed by atoms with Crippen LogP contribution in [0, 0.1) is 11.7 Å². The van der Waals surface area contributed by atoms with Gasteiger partial charge in [-0.15, -0.1) is 0 Å². The Morgan fingerprint density at radius 1 is 1.36 bits per heavy atom. The summed E-state index contributed by atoms with van der Waals surface area (Å²) in [5.41, 5.74) is 0.358. The summed E-state index contributed by atoms with van der Waals surface area (Å²) in [6, 6.07) is 3.92. The lowest BCUT2D eigenvalue weighted by molar-refractivity contribution is 0.115. The zero-order chi connectivity index (χ0) is 15.5. The van der Waals surface area contributed by atoms with Crippen LogP contribution in [0.1, 0.15) is 32.1 Å². The van der Waals surface area contributed by atoms with Gasteiger partial charge in [0.15, 0.2) is 11.6 Å². The summed E-state index contributed by atoms with van der Waals surface area (Å²) in [6.45, 7) is 0.210. The molecule has 3 N–H and O–H groups in total. The number of benzene rings is 1. The number of carbonyl (C=O) groups excluding carboxylic acids is 1. The van der Waals surface area contributed by atoms with Gasteiger partial charge in [-0.3, -0.25) is 0 Å². The van der Waals surface area contributed by atoms with Gasteiger partial charge in [0.05, 0.1) is 12.2 Å². The van der Waals surface area contributed by atoms with Crippen molar-refractivity contribution in [3.63, 3.8) is 0 Å². The van der Waals surface area contributed by atoms with E-state index in [9.17, 15) is 14.3 Å². The molecule has 2 fully saturated rings. The third-order valence-corrected chi connectivity index (χ3v) is 4.17. The van der Waals surface area contributed by atoms with Gasteiger partial charge >= 0.3 is 6.03 Å². The van der Waals surface area contributed by atoms with E-state index in [1.165, 1.54) is 12.1 Å². The normalized spacial score (nSPS) is 19.2. The Kier molecular flexibility index (Phi) is 4.47. The van der Waals surface area contributed by atoms with Crippen molar-refractivity contribution < 1.29 is 19.0 Å². The number of anilines is 1. The molecule has 0 radical (unpaired) electrons. The molecule has 1 atom stereocenters. The van der Waals surface area contributed by atoms with Crippen LogP contribution < -0.4 is 15.4 Å². The average molecular weight is 308 g/mol. The van der Waals surface area contributed by atoms with E-state index in [2.05, 4.69) is 10.6 Å². The molecule has 22 heavy (non-hydrogen) atoms. The summed E-state index contributed by atoms with van der Waals surface area (Å²) >= 11 is 0. The Morgan fingerprint density at radius 3 is 2.73 bits per heavy atom. The molecular weight excluding hydrogens is 287 g/mol. The molecule has 6 heteroatoms. The van der Waals surface area contributed by atoms with E-state index in [1.807, 2.05) is 0 Å². The predicted molar refractivity (Wildman–Crippen MR) is 80.4 cm³/mol. The first-order chi connectivity index (χ1) is 10.6. The first kappa shape index (κ1) is 15.1. The van der Waals surface area contributed by atoms with E-state index in [0.29, 0.717) is 11.6 Å². The van der Waals surface area contributed by atoms with Gasteiger partial charge in [-0.2, -0.15) is 0 Å². The number of amides is 2. The first-order valence-corrected chi connectivity index (χ1v) is 7.81. The second-order valence-electron chi connectivity index (χ2n) is 6.06. The molecule has 0 saturated heterocycles. The SMILES string of the molecule is O=C(NC[C@H](O)C1CC1)Nc1ccc(OC2CCC2)c(F)c1. The maximum absolute atomic E-state index is 13.9. The lowest BCUT2D eigenvalue weighted by Gasteiger charge is -2.26. The predicted octanol–water partition coefficient (Wildman–Crippen LogP) is 2.65. The van der Waals surface area contributed by atoms with E-state index in [-0.39, 0.29) is 18.4 Å². The fourth-order valence-electron chi connectivity index (χ4n) is 2.36. The molecule has 0 aromatic heterocycles. The van der Waals surface area contributed by atoms with Gasteiger partial charge in [0.1, 0.15) is 0 Å². The zero-order valence-corrected chi connectivity index (χ0v) is 12.3. The highest BCUT2D eigenvalue weighted by molar-refractivity contribution is 5.89. The van der Waals surface area contributed by atoms with Crippen molar-refractivity contribution in [2.45, 2.75) is 44.3 Å². The van der Waals surface area contributed by atoms with Crippen molar-refractivity contribution in [2.24, 2.45) is 5.92 Å². The summed E-state index contributed by atoms with van der Waals surface area (Å²) in [7, 11) is 0. The van der Waals surface area contributed by atoms with Crippen LogP contribution in [-0.2, 0) is 0 Å². The Hall–Kier alpha value is -1.82. The van der Waals surface area contributed by atoms with Gasteiger partial charge in [-0.05, 0) is 50.2 Å². The highest BCUT2D eigenvalue weighted by atomic mass is 19.1. The molecule has 0 unspecified atom stereocenters. The van der Waals surface area contributed by atoms with Crippen molar-refractivity contribution in [1.29, 1.82) is 0 Å². The number of ether oxygens (including phenoxy) is 1. The lowest BCUT2D eigenvalue weighted by Crippen LogP contribution is -2.36. The summed E-state index contributed by atoms with van der Waals surface area (Å²) in [6.07, 6.45) is 4.69. The molecular formula is C16H21FN2O3. The summed E-state index contributed by atoms with van der Waals surface area (Å²) in [5, 5.41) is 14.8. The van der Waals surface area contributed by atoms with Crippen molar-refractivity contribution in [2.75, 3.05) is 11.9 Å². The van der Waals surface area contributed by atoms with Crippen LogP contribution in [0.4, 0.5) is 14.9 Å². The van der Waals surface area contributed by atoms with E-state index in [0.717, 1.165) is 32.1 Å². The lowest BCUT2D eigenvalue weighted by atomic mass is 9.96. The van der Waals surface area contributed by atoms with Crippen LogP contribution in [0.2, 0.25) is 0 Å². The van der Waals surface area contributed by atoms with Crippen LogP contribution in [0.25, 0.3) is 0 Å². The molecule has 1 aromatic carbocycles. The standard InChI is InChI=1S/C16H21FN2O3/c17-13-8-11(6-7-15(13)22-12-2-1-3-12)19-16(21)18-9-14(20)10-4-5-10/h6-8,10,12,14,20H,1-5,9H2,(H2,18,19,21)/t14-/m0/s1. The fourth-order valence-corrected chi connectivity index (χ4v) is 2.36. The van der Waals surface area contributed by atoms with E-state index >= 15 is 0 Å². The van der Waals surface area contributed by atoms with Crippen LogP contribution in [0.15, 0.2) is 18.2 Å². The second kappa shape index (κ2) is 6.52. The monoisotopic (exact) mass is 308 g/mol. The number of aliphatic hydroxyl groups is 1. The minimum Gasteiger partial charge on any atom is -0.487 e. The van der Waals surface area contributed by atoms with Crippen molar-refractivity contribution in [3.05, 3.63) is 24.0 Å². The number of aliphatic hydroxyl groups excluding tert-OH is 1. The summed E-state index contributed by atoms with van der Waals surface area (Å²) < 4.78 is 19.4. The quantitative estimate of drug-likeness (QED) is 0.756. The number of rotatable bonds is 6. The molecule has 2 saturated carbocycles. The third-order valence-electron chi connectivity index (χ3n) is 4.17. The van der Waals surface area contributed by atoms with Crippen LogP contribution >= 0.6 is 0 Å². The Balaban J connectivity index is 1.48. The second-order valence-corrected chi connectivity index (χ2v) is 6.06. The molecule has 2 aliphatic carbocycles. The molecule has 1 aromatic rings. The van der Waals surface area contributed by atoms with E-state index in [4.69, 9.17) is 4.74 Å². The van der Waals surface area contributed by atoms with Gasteiger partial charge in [-0.1, -0.05) is 0 Å². The number of urea groups is 1. The van der Waals surface area contributed by atoms with Gasteiger partial charge in [0.2, 0.25) is 0 Å². The summed E-state index contributed by atoms with van der Waals surface area (Å²) in [5.74, 6) is 0.0446. The van der Waals surface area contributed by atoms with E-state index < -0.39 is 18.0 Å². The fraction of sp³-hybridized carbons (Fsp3) is 0.562. The highest BCUT2D eigenvalue weighted by Crippen LogP contribution is 2.32. The number of nitrogens with one attached hydrogen (secondary N) is 2. The molecule has 0 heterocycles. The van der Waals surface area contributed by atoms with Crippen molar-refractivity contribution in [3.8, 4) is 5.75 Å². The van der Waals surface area contributed by atoms with Crippen molar-refractivity contribution >= 4 is 11.7 Å². The maximum atomic E-state index is 13.9. The third kappa shape index (κ3) is 3.88. The molecule has 0 bridgehead atoms. The molecule has 120 valence electrons. The topological polar surface area (TPSA) is 70.6 Å². The molecule has 5 nitrogen and oxygen atoms in total. The largest absolute Gasteiger partial charge is 0.487 e. The molecule has 2 amide bonds. The summed E-state index contributed by atoms with van der Waals surface area (Å²) in [4.78, 5) is 11.7. The molecule has 2 aliphatic rings. The zero-order valence-electron chi connectivity index (χ0n) is 12.3. The number of hydrogen-bond acceptors (Lipinski definition) is 3. The minimum absolute atomic E-state index is 0.112. The van der Waals surface area contributed by atoms with Crippen LogP contribution in [0.3, 0.4) is 0 Å². The van der Waals surface area contributed by atoms with Gasteiger partial charge in [0, 0.05) is 18.3 Å². The van der Waals surface area contributed by atoms with Gasteiger partial charge in [-0.25, -0.2) is 9.18 Å². The number of halogens is 1. The smallest absolute Gasteiger partial charge is 0.319 e. The molecule has 0 aliphatic heterocycles. The van der Waals surface area contributed by atoms with Crippen molar-refractivity contribution in [1.82, 2.24) is 5.32 Å². The Bertz CT molecular complexity index is 544. The number of carbonyl (C=O) groups is 1.